The summed E-state index contributed by atoms with van der Waals surface area (Å²) >= 11 is 6.09. The van der Waals surface area contributed by atoms with Gasteiger partial charge in [0.25, 0.3) is 17.4 Å². The van der Waals surface area contributed by atoms with E-state index in [-0.39, 0.29) is 23.9 Å². The normalized spacial score (nSPS) is 13.3. The molecule has 5 aromatic rings. The highest BCUT2D eigenvalue weighted by Gasteiger charge is 2.35. The van der Waals surface area contributed by atoms with Crippen molar-refractivity contribution >= 4 is 51.6 Å². The van der Waals surface area contributed by atoms with Crippen LogP contribution in [-0.4, -0.2) is 44.7 Å². The average molecular weight is 512 g/mol. The maximum atomic E-state index is 13.0. The fourth-order valence-corrected chi connectivity index (χ4v) is 4.66. The number of rotatable bonds is 5. The molecule has 10 heteroatoms. The van der Waals surface area contributed by atoms with E-state index < -0.39 is 0 Å². The van der Waals surface area contributed by atoms with Crippen LogP contribution < -0.4 is 10.3 Å². The number of ether oxygens (including phenoxy) is 1. The van der Waals surface area contributed by atoms with Crippen LogP contribution in [-0.2, 0) is 6.54 Å². The Morgan fingerprint density at radius 2 is 1.78 bits per heavy atom. The molecule has 1 N–H and O–H groups in total. The number of fused-ring (bicyclic) bond motifs is 4. The maximum absolute atomic E-state index is 13.0. The first-order valence-electron chi connectivity index (χ1n) is 11.3. The van der Waals surface area contributed by atoms with E-state index in [0.29, 0.717) is 44.1 Å². The van der Waals surface area contributed by atoms with Crippen molar-refractivity contribution in [1.82, 2.24) is 19.5 Å². The highest BCUT2D eigenvalue weighted by Crippen LogP contribution is 2.28. The van der Waals surface area contributed by atoms with Crippen LogP contribution in [0.15, 0.2) is 76.9 Å². The quantitative estimate of drug-likeness (QED) is 0.281. The first-order chi connectivity index (χ1) is 17.9. The molecule has 0 spiro atoms. The second kappa shape index (κ2) is 8.72. The van der Waals surface area contributed by atoms with Gasteiger partial charge in [-0.2, -0.15) is 9.78 Å². The number of halogens is 1. The molecule has 0 saturated heterocycles. The zero-order valence-corrected chi connectivity index (χ0v) is 20.2. The highest BCUT2D eigenvalue weighted by molar-refractivity contribution is 6.31. The minimum absolute atomic E-state index is 0.0300. The predicted molar refractivity (Wildman–Crippen MR) is 140 cm³/mol. The number of amides is 2. The van der Waals surface area contributed by atoms with E-state index in [1.54, 1.807) is 60.7 Å². The number of H-pyrrole nitrogens is 1. The van der Waals surface area contributed by atoms with Crippen molar-refractivity contribution < 1.29 is 14.3 Å². The molecule has 0 radical (unpaired) electrons. The SMILES string of the molecule is COc1ccc(C=Nn2cnc3c([nH]c4ccc(Cl)cc43)c2=O)cc1CN1C(=O)c2ccccc2C1=O. The summed E-state index contributed by atoms with van der Waals surface area (Å²) in [4.78, 5) is 47.3. The highest BCUT2D eigenvalue weighted by atomic mass is 35.5. The molecule has 0 atom stereocenters. The van der Waals surface area contributed by atoms with Crippen LogP contribution in [0.1, 0.15) is 31.8 Å². The molecule has 1 aliphatic heterocycles. The fourth-order valence-electron chi connectivity index (χ4n) is 4.48. The third-order valence-electron chi connectivity index (χ3n) is 6.29. The van der Waals surface area contributed by atoms with Crippen molar-refractivity contribution in [2.24, 2.45) is 5.10 Å². The van der Waals surface area contributed by atoms with Crippen molar-refractivity contribution in [1.29, 1.82) is 0 Å². The number of hydrogen-bond acceptors (Lipinski definition) is 6. The van der Waals surface area contributed by atoms with Crippen LogP contribution in [0.4, 0.5) is 0 Å². The van der Waals surface area contributed by atoms with E-state index in [0.717, 1.165) is 15.6 Å². The van der Waals surface area contributed by atoms with Crippen LogP contribution in [0.5, 0.6) is 5.75 Å². The van der Waals surface area contributed by atoms with E-state index in [1.807, 2.05) is 0 Å². The molecule has 9 nitrogen and oxygen atoms in total. The Morgan fingerprint density at radius 3 is 2.51 bits per heavy atom. The molecule has 182 valence electrons. The van der Waals surface area contributed by atoms with E-state index in [1.165, 1.54) is 24.6 Å². The van der Waals surface area contributed by atoms with Gasteiger partial charge in [0, 0.05) is 21.5 Å². The van der Waals surface area contributed by atoms with Gasteiger partial charge >= 0.3 is 0 Å². The first kappa shape index (κ1) is 22.7. The Kier molecular flexibility index (Phi) is 5.35. The average Bonchev–Trinajstić information content (AvgIpc) is 3.39. The topological polar surface area (TPSA) is 110 Å². The molecule has 0 aliphatic carbocycles. The molecule has 3 heterocycles. The van der Waals surface area contributed by atoms with Crippen LogP contribution in [0.25, 0.3) is 21.9 Å². The number of aromatic nitrogens is 3. The standard InChI is InChI=1S/C27H18ClN5O4/c1-37-22-9-6-15(10-16(22)13-32-25(34)18-4-2-3-5-19(18)26(32)35)12-30-33-14-29-23-20-11-17(28)7-8-21(20)31-24(23)27(33)36/h2-12,14,31H,13H2,1H3. The van der Waals surface area contributed by atoms with Gasteiger partial charge in [-0.05, 0) is 54.1 Å². The van der Waals surface area contributed by atoms with Gasteiger partial charge in [-0.15, -0.1) is 0 Å². The lowest BCUT2D eigenvalue weighted by Gasteiger charge is -2.16. The van der Waals surface area contributed by atoms with E-state index in [4.69, 9.17) is 16.3 Å². The minimum atomic E-state index is -0.367. The first-order valence-corrected chi connectivity index (χ1v) is 11.7. The molecular weight excluding hydrogens is 494 g/mol. The smallest absolute Gasteiger partial charge is 0.298 e. The number of nitrogens with zero attached hydrogens (tertiary/aromatic N) is 4. The number of hydrogen-bond donors (Lipinski definition) is 1. The minimum Gasteiger partial charge on any atom is -0.496 e. The van der Waals surface area contributed by atoms with Gasteiger partial charge in [-0.25, -0.2) is 4.98 Å². The zero-order chi connectivity index (χ0) is 25.7. The van der Waals surface area contributed by atoms with Crippen LogP contribution >= 0.6 is 11.6 Å². The summed E-state index contributed by atoms with van der Waals surface area (Å²) in [5.74, 6) is -0.190. The van der Waals surface area contributed by atoms with Crippen molar-refractivity contribution in [3.8, 4) is 5.75 Å². The van der Waals surface area contributed by atoms with E-state index in [9.17, 15) is 14.4 Å². The Morgan fingerprint density at radius 1 is 1.03 bits per heavy atom. The van der Waals surface area contributed by atoms with Gasteiger partial charge in [0.15, 0.2) is 0 Å². The number of aromatic amines is 1. The molecule has 6 rings (SSSR count). The third-order valence-corrected chi connectivity index (χ3v) is 6.53. The van der Waals surface area contributed by atoms with Gasteiger partial charge in [-0.3, -0.25) is 19.3 Å². The molecule has 0 unspecified atom stereocenters. The lowest BCUT2D eigenvalue weighted by Crippen LogP contribution is -2.29. The second-order valence-electron chi connectivity index (χ2n) is 8.49. The van der Waals surface area contributed by atoms with E-state index >= 15 is 0 Å². The van der Waals surface area contributed by atoms with Crippen molar-refractivity contribution in [2.45, 2.75) is 6.54 Å². The predicted octanol–water partition coefficient (Wildman–Crippen LogP) is 4.22. The molecule has 3 aromatic carbocycles. The summed E-state index contributed by atoms with van der Waals surface area (Å²) in [5, 5.41) is 5.59. The second-order valence-corrected chi connectivity index (χ2v) is 8.93. The molecular formula is C27H18ClN5O4. The summed E-state index contributed by atoms with van der Waals surface area (Å²) in [6.07, 6.45) is 2.85. The maximum Gasteiger partial charge on any atom is 0.298 e. The summed E-state index contributed by atoms with van der Waals surface area (Å²) in [5.41, 5.74) is 3.24. The summed E-state index contributed by atoms with van der Waals surface area (Å²) in [7, 11) is 1.52. The van der Waals surface area contributed by atoms with Gasteiger partial charge in [0.2, 0.25) is 0 Å². The number of benzene rings is 3. The molecule has 2 aromatic heterocycles. The number of methoxy groups -OCH3 is 1. The number of carbonyl (C=O) groups is 2. The van der Waals surface area contributed by atoms with Gasteiger partial charge in [0.1, 0.15) is 23.1 Å². The summed E-state index contributed by atoms with van der Waals surface area (Å²) in [6, 6.07) is 17.3. The summed E-state index contributed by atoms with van der Waals surface area (Å²) in [6.45, 7) is 0.0300. The number of imide groups is 1. The monoisotopic (exact) mass is 511 g/mol. The molecule has 0 bridgehead atoms. The van der Waals surface area contributed by atoms with Crippen LogP contribution in [0.2, 0.25) is 5.02 Å². The van der Waals surface area contributed by atoms with Crippen molar-refractivity contribution in [2.75, 3.05) is 7.11 Å². The van der Waals surface area contributed by atoms with Gasteiger partial charge < -0.3 is 9.72 Å². The number of carbonyl (C=O) groups excluding carboxylic acids is 2. The lowest BCUT2D eigenvalue weighted by atomic mass is 10.1. The fraction of sp³-hybridized carbons (Fsp3) is 0.0741. The Bertz CT molecular complexity index is 1800. The van der Waals surface area contributed by atoms with Crippen LogP contribution in [0, 0.1) is 0 Å². The van der Waals surface area contributed by atoms with Crippen LogP contribution in [0.3, 0.4) is 0 Å². The lowest BCUT2D eigenvalue weighted by molar-refractivity contribution is 0.0641. The Labute approximate surface area is 214 Å². The van der Waals surface area contributed by atoms with Gasteiger partial charge in [-0.1, -0.05) is 23.7 Å². The van der Waals surface area contributed by atoms with Crippen molar-refractivity contribution in [3.05, 3.63) is 105 Å². The Balaban J connectivity index is 1.32. The zero-order valence-electron chi connectivity index (χ0n) is 19.4. The molecule has 1 aliphatic rings. The Hall–Kier alpha value is -4.76. The summed E-state index contributed by atoms with van der Waals surface area (Å²) < 4.78 is 6.59. The molecule has 2 amide bonds. The largest absolute Gasteiger partial charge is 0.496 e. The molecule has 0 fully saturated rings. The third kappa shape index (κ3) is 3.76. The number of nitrogens with one attached hydrogen (secondary N) is 1. The van der Waals surface area contributed by atoms with E-state index in [2.05, 4.69) is 15.1 Å². The van der Waals surface area contributed by atoms with Gasteiger partial charge in [0.05, 0.1) is 31.0 Å². The van der Waals surface area contributed by atoms with Crippen molar-refractivity contribution in [3.63, 3.8) is 0 Å². The molecule has 37 heavy (non-hydrogen) atoms. The molecule has 0 saturated carbocycles.